The third-order valence-electron chi connectivity index (χ3n) is 3.79. The Hall–Kier alpha value is -1.88. The SMILES string of the molecule is CCC1(C)C(=O)NC(=O)N1Cc1ccc(CO)cc1. The molecule has 5 heteroatoms. The van der Waals surface area contributed by atoms with E-state index in [4.69, 9.17) is 5.11 Å². The Morgan fingerprint density at radius 2 is 1.79 bits per heavy atom. The van der Waals surface area contributed by atoms with Gasteiger partial charge in [-0.2, -0.15) is 0 Å². The van der Waals surface area contributed by atoms with Gasteiger partial charge >= 0.3 is 6.03 Å². The van der Waals surface area contributed by atoms with Gasteiger partial charge in [0.1, 0.15) is 5.54 Å². The number of nitrogens with one attached hydrogen (secondary N) is 1. The fourth-order valence-corrected chi connectivity index (χ4v) is 2.18. The number of amides is 3. The molecule has 2 rings (SSSR count). The molecule has 2 N–H and O–H groups in total. The van der Waals surface area contributed by atoms with Crippen molar-refractivity contribution in [2.45, 2.75) is 39.0 Å². The number of nitrogens with zero attached hydrogens (tertiary/aromatic N) is 1. The van der Waals surface area contributed by atoms with Gasteiger partial charge in [0.25, 0.3) is 5.91 Å². The molecule has 1 aromatic rings. The predicted octanol–water partition coefficient (Wildman–Crippen LogP) is 1.40. The summed E-state index contributed by atoms with van der Waals surface area (Å²) in [7, 11) is 0. The Labute approximate surface area is 112 Å². The van der Waals surface area contributed by atoms with E-state index in [1.54, 1.807) is 11.8 Å². The fourth-order valence-electron chi connectivity index (χ4n) is 2.18. The minimum Gasteiger partial charge on any atom is -0.392 e. The number of carbonyl (C=O) groups excluding carboxylic acids is 2. The molecule has 1 aromatic carbocycles. The number of hydrogen-bond acceptors (Lipinski definition) is 3. The van der Waals surface area contributed by atoms with Crippen LogP contribution in [0.1, 0.15) is 31.4 Å². The van der Waals surface area contributed by atoms with E-state index in [9.17, 15) is 9.59 Å². The highest BCUT2D eigenvalue weighted by atomic mass is 16.3. The van der Waals surface area contributed by atoms with Gasteiger partial charge in [0, 0.05) is 6.54 Å². The molecule has 3 amide bonds. The molecule has 1 aliphatic rings. The molecule has 1 unspecified atom stereocenters. The molecule has 1 heterocycles. The maximum absolute atomic E-state index is 11.8. The van der Waals surface area contributed by atoms with Crippen LogP contribution in [0.25, 0.3) is 0 Å². The quantitative estimate of drug-likeness (QED) is 0.806. The minimum atomic E-state index is -0.785. The Morgan fingerprint density at radius 1 is 1.21 bits per heavy atom. The number of benzene rings is 1. The lowest BCUT2D eigenvalue weighted by molar-refractivity contribution is -0.126. The summed E-state index contributed by atoms with van der Waals surface area (Å²) in [5.41, 5.74) is 0.970. The fraction of sp³-hybridized carbons (Fsp3) is 0.429. The van der Waals surface area contributed by atoms with E-state index < -0.39 is 5.54 Å². The van der Waals surface area contributed by atoms with Crippen molar-refractivity contribution in [2.75, 3.05) is 0 Å². The van der Waals surface area contributed by atoms with E-state index in [2.05, 4.69) is 5.32 Å². The maximum atomic E-state index is 11.8. The molecule has 1 aliphatic heterocycles. The van der Waals surface area contributed by atoms with Crippen molar-refractivity contribution in [3.05, 3.63) is 35.4 Å². The number of urea groups is 1. The normalized spacial score (nSPS) is 22.8. The average Bonchev–Trinajstić information content (AvgIpc) is 2.64. The van der Waals surface area contributed by atoms with Gasteiger partial charge in [-0.1, -0.05) is 31.2 Å². The first-order valence-electron chi connectivity index (χ1n) is 6.33. The number of aliphatic hydroxyl groups is 1. The molecule has 0 bridgehead atoms. The Morgan fingerprint density at radius 3 is 2.32 bits per heavy atom. The number of imide groups is 1. The summed E-state index contributed by atoms with van der Waals surface area (Å²) in [4.78, 5) is 25.2. The van der Waals surface area contributed by atoms with Gasteiger partial charge in [-0.15, -0.1) is 0 Å². The molecule has 0 saturated carbocycles. The highest BCUT2D eigenvalue weighted by Gasteiger charge is 2.47. The van der Waals surface area contributed by atoms with Gasteiger partial charge in [0.05, 0.1) is 6.61 Å². The average molecular weight is 262 g/mol. The van der Waals surface area contributed by atoms with E-state index >= 15 is 0 Å². The summed E-state index contributed by atoms with van der Waals surface area (Å²) in [6.45, 7) is 4.04. The largest absolute Gasteiger partial charge is 0.392 e. The predicted molar refractivity (Wildman–Crippen MR) is 70.1 cm³/mol. The first kappa shape index (κ1) is 13.5. The summed E-state index contributed by atoms with van der Waals surface area (Å²) in [6.07, 6.45) is 0.569. The van der Waals surface area contributed by atoms with Gasteiger partial charge in [-0.05, 0) is 24.5 Å². The molecule has 0 aromatic heterocycles. The molecule has 1 saturated heterocycles. The second-order valence-corrected chi connectivity index (χ2v) is 4.95. The lowest BCUT2D eigenvalue weighted by Crippen LogP contribution is -2.45. The second-order valence-electron chi connectivity index (χ2n) is 4.95. The summed E-state index contributed by atoms with van der Waals surface area (Å²) in [5, 5.41) is 11.4. The van der Waals surface area contributed by atoms with E-state index in [-0.39, 0.29) is 18.5 Å². The van der Waals surface area contributed by atoms with Crippen molar-refractivity contribution in [1.29, 1.82) is 0 Å². The Bertz CT molecular complexity index is 498. The summed E-state index contributed by atoms with van der Waals surface area (Å²) >= 11 is 0. The molecular weight excluding hydrogens is 244 g/mol. The van der Waals surface area contributed by atoms with Crippen LogP contribution < -0.4 is 5.32 Å². The van der Waals surface area contributed by atoms with Crippen LogP contribution in [-0.4, -0.2) is 27.5 Å². The smallest absolute Gasteiger partial charge is 0.325 e. The van der Waals surface area contributed by atoms with Crippen molar-refractivity contribution in [3.63, 3.8) is 0 Å². The van der Waals surface area contributed by atoms with Gasteiger partial charge in [0.2, 0.25) is 0 Å². The highest BCUT2D eigenvalue weighted by molar-refractivity contribution is 6.06. The third kappa shape index (κ3) is 2.33. The zero-order valence-electron chi connectivity index (χ0n) is 11.1. The summed E-state index contributed by atoms with van der Waals surface area (Å²) < 4.78 is 0. The molecular formula is C14H18N2O3. The first-order valence-corrected chi connectivity index (χ1v) is 6.33. The van der Waals surface area contributed by atoms with E-state index in [1.165, 1.54) is 0 Å². The second kappa shape index (κ2) is 5.01. The highest BCUT2D eigenvalue weighted by Crippen LogP contribution is 2.27. The van der Waals surface area contributed by atoms with Crippen LogP contribution >= 0.6 is 0 Å². The van der Waals surface area contributed by atoms with Crippen LogP contribution in [0.4, 0.5) is 4.79 Å². The van der Waals surface area contributed by atoms with Crippen LogP contribution in [0.15, 0.2) is 24.3 Å². The number of carbonyl (C=O) groups is 2. The number of rotatable bonds is 4. The van der Waals surface area contributed by atoms with Crippen molar-refractivity contribution in [3.8, 4) is 0 Å². The van der Waals surface area contributed by atoms with Crippen LogP contribution in [-0.2, 0) is 17.9 Å². The zero-order chi connectivity index (χ0) is 14.0. The van der Waals surface area contributed by atoms with Crippen LogP contribution in [0, 0.1) is 0 Å². The van der Waals surface area contributed by atoms with Crippen molar-refractivity contribution < 1.29 is 14.7 Å². The lowest BCUT2D eigenvalue weighted by Gasteiger charge is -2.30. The topological polar surface area (TPSA) is 69.6 Å². The van der Waals surface area contributed by atoms with Crippen molar-refractivity contribution >= 4 is 11.9 Å². The maximum Gasteiger partial charge on any atom is 0.325 e. The monoisotopic (exact) mass is 262 g/mol. The van der Waals surface area contributed by atoms with E-state index in [1.807, 2.05) is 31.2 Å². The van der Waals surface area contributed by atoms with Gasteiger partial charge in [-0.25, -0.2) is 4.79 Å². The van der Waals surface area contributed by atoms with Gasteiger partial charge in [-0.3, -0.25) is 10.1 Å². The van der Waals surface area contributed by atoms with E-state index in [0.717, 1.165) is 11.1 Å². The molecule has 0 spiro atoms. The molecule has 1 fully saturated rings. The molecule has 19 heavy (non-hydrogen) atoms. The number of hydrogen-bond donors (Lipinski definition) is 2. The van der Waals surface area contributed by atoms with Crippen LogP contribution in [0.5, 0.6) is 0 Å². The third-order valence-corrected chi connectivity index (χ3v) is 3.79. The Balaban J connectivity index is 2.20. The zero-order valence-corrected chi connectivity index (χ0v) is 11.1. The van der Waals surface area contributed by atoms with Gasteiger partial charge < -0.3 is 10.0 Å². The van der Waals surface area contributed by atoms with Crippen LogP contribution in [0.3, 0.4) is 0 Å². The summed E-state index contributed by atoms with van der Waals surface area (Å²) in [5.74, 6) is -0.244. The first-order chi connectivity index (χ1) is 9.01. The van der Waals surface area contributed by atoms with E-state index in [0.29, 0.717) is 13.0 Å². The van der Waals surface area contributed by atoms with Crippen LogP contribution in [0.2, 0.25) is 0 Å². The van der Waals surface area contributed by atoms with Crippen molar-refractivity contribution in [2.24, 2.45) is 0 Å². The minimum absolute atomic E-state index is 0.00432. The number of aliphatic hydroxyl groups excluding tert-OH is 1. The molecule has 5 nitrogen and oxygen atoms in total. The lowest BCUT2D eigenvalue weighted by atomic mass is 9.97. The molecule has 0 aliphatic carbocycles. The molecule has 0 radical (unpaired) electrons. The Kier molecular flexibility index (Phi) is 3.57. The van der Waals surface area contributed by atoms with Gasteiger partial charge in [0.15, 0.2) is 0 Å². The summed E-state index contributed by atoms with van der Waals surface area (Å²) in [6, 6.07) is 7.00. The standard InChI is InChI=1S/C14H18N2O3/c1-3-14(2)12(18)15-13(19)16(14)8-10-4-6-11(9-17)7-5-10/h4-7,17H,3,8-9H2,1-2H3,(H,15,18,19). The molecule has 1 atom stereocenters. The van der Waals surface area contributed by atoms with Crippen molar-refractivity contribution in [1.82, 2.24) is 10.2 Å². The molecule has 102 valence electrons.